The van der Waals surface area contributed by atoms with Crippen molar-refractivity contribution in [2.45, 2.75) is 6.04 Å². The molecular formula is C7H9FN2O. The molecule has 1 rings (SSSR count). The molecule has 0 spiro atoms. The largest absolute Gasteiger partial charge is 0.394 e. The predicted octanol–water partition coefficient (Wildman–Crippen LogP) is 0.213. The molecule has 0 fully saturated rings. The van der Waals surface area contributed by atoms with E-state index in [1.165, 1.54) is 18.3 Å². The molecule has 60 valence electrons. The Balaban J connectivity index is 2.86. The summed E-state index contributed by atoms with van der Waals surface area (Å²) < 4.78 is 12.5. The molecule has 4 heteroatoms. The normalized spacial score (nSPS) is 13.0. The summed E-state index contributed by atoms with van der Waals surface area (Å²) in [7, 11) is 0. The SMILES string of the molecule is N[C@H](CO)c1cc(F)ccn1. The third-order valence-corrected chi connectivity index (χ3v) is 1.32. The van der Waals surface area contributed by atoms with E-state index in [-0.39, 0.29) is 12.4 Å². The standard InChI is InChI=1S/C7H9FN2O/c8-5-1-2-10-7(3-5)6(9)4-11/h1-3,6,11H,4,9H2/t6-/m1/s1. The quantitative estimate of drug-likeness (QED) is 0.643. The second-order valence-corrected chi connectivity index (χ2v) is 2.19. The van der Waals surface area contributed by atoms with Gasteiger partial charge in [-0.05, 0) is 12.1 Å². The van der Waals surface area contributed by atoms with Crippen LogP contribution in [0.15, 0.2) is 18.3 Å². The topological polar surface area (TPSA) is 59.1 Å². The molecule has 0 bridgehead atoms. The van der Waals surface area contributed by atoms with Crippen LogP contribution in [0.3, 0.4) is 0 Å². The summed E-state index contributed by atoms with van der Waals surface area (Å²) in [6.45, 7) is -0.226. The maximum atomic E-state index is 12.5. The third kappa shape index (κ3) is 1.96. The van der Waals surface area contributed by atoms with E-state index in [1.54, 1.807) is 0 Å². The van der Waals surface area contributed by atoms with Gasteiger partial charge in [0.05, 0.1) is 18.3 Å². The molecule has 11 heavy (non-hydrogen) atoms. The van der Waals surface area contributed by atoms with Gasteiger partial charge in [0.25, 0.3) is 0 Å². The van der Waals surface area contributed by atoms with Crippen molar-refractivity contribution in [1.29, 1.82) is 0 Å². The van der Waals surface area contributed by atoms with Gasteiger partial charge in [-0.1, -0.05) is 0 Å². The maximum Gasteiger partial charge on any atom is 0.126 e. The predicted molar refractivity (Wildman–Crippen MR) is 38.2 cm³/mol. The zero-order valence-electron chi connectivity index (χ0n) is 5.87. The molecule has 0 unspecified atom stereocenters. The van der Waals surface area contributed by atoms with Gasteiger partial charge in [-0.3, -0.25) is 4.98 Å². The highest BCUT2D eigenvalue weighted by Crippen LogP contribution is 2.06. The van der Waals surface area contributed by atoms with Gasteiger partial charge in [0, 0.05) is 6.20 Å². The molecule has 0 aliphatic rings. The average molecular weight is 156 g/mol. The van der Waals surface area contributed by atoms with E-state index in [2.05, 4.69) is 4.98 Å². The summed E-state index contributed by atoms with van der Waals surface area (Å²) in [5.74, 6) is -0.390. The number of aromatic nitrogens is 1. The number of nitrogens with zero attached hydrogens (tertiary/aromatic N) is 1. The first kappa shape index (κ1) is 8.10. The molecule has 0 amide bonds. The number of pyridine rings is 1. The van der Waals surface area contributed by atoms with Crippen molar-refractivity contribution in [3.8, 4) is 0 Å². The lowest BCUT2D eigenvalue weighted by Gasteiger charge is -2.05. The Morgan fingerprint density at radius 3 is 3.00 bits per heavy atom. The summed E-state index contributed by atoms with van der Waals surface area (Å²) in [6, 6.07) is 1.85. The lowest BCUT2D eigenvalue weighted by molar-refractivity contribution is 0.265. The average Bonchev–Trinajstić information content (AvgIpc) is 2.03. The Labute approximate surface area is 63.7 Å². The van der Waals surface area contributed by atoms with Crippen molar-refractivity contribution in [3.05, 3.63) is 29.8 Å². The van der Waals surface area contributed by atoms with Gasteiger partial charge in [-0.15, -0.1) is 0 Å². The van der Waals surface area contributed by atoms with Gasteiger partial charge in [-0.2, -0.15) is 0 Å². The number of aliphatic hydroxyl groups excluding tert-OH is 1. The number of aliphatic hydroxyl groups is 1. The zero-order chi connectivity index (χ0) is 8.27. The van der Waals surface area contributed by atoms with E-state index >= 15 is 0 Å². The number of hydrogen-bond donors (Lipinski definition) is 2. The number of hydrogen-bond acceptors (Lipinski definition) is 3. The molecule has 0 aliphatic carbocycles. The van der Waals surface area contributed by atoms with Gasteiger partial charge in [-0.25, -0.2) is 4.39 Å². The third-order valence-electron chi connectivity index (χ3n) is 1.32. The van der Waals surface area contributed by atoms with Crippen LogP contribution < -0.4 is 5.73 Å². The molecule has 0 radical (unpaired) electrons. The van der Waals surface area contributed by atoms with E-state index in [1.807, 2.05) is 0 Å². The van der Waals surface area contributed by atoms with Crippen molar-refractivity contribution >= 4 is 0 Å². The highest BCUT2D eigenvalue weighted by atomic mass is 19.1. The van der Waals surface area contributed by atoms with Crippen LogP contribution in [0.2, 0.25) is 0 Å². The van der Waals surface area contributed by atoms with Crippen LogP contribution in [0.4, 0.5) is 4.39 Å². The maximum absolute atomic E-state index is 12.5. The second kappa shape index (κ2) is 3.41. The molecule has 0 saturated carbocycles. The molecule has 0 saturated heterocycles. The Morgan fingerprint density at radius 1 is 1.73 bits per heavy atom. The Kier molecular flexibility index (Phi) is 2.51. The van der Waals surface area contributed by atoms with E-state index in [9.17, 15) is 4.39 Å². The van der Waals surface area contributed by atoms with Crippen LogP contribution in [0.5, 0.6) is 0 Å². The smallest absolute Gasteiger partial charge is 0.126 e. The van der Waals surface area contributed by atoms with Crippen LogP contribution in [0, 0.1) is 5.82 Å². The lowest BCUT2D eigenvalue weighted by Crippen LogP contribution is -2.15. The van der Waals surface area contributed by atoms with Crippen molar-refractivity contribution in [3.63, 3.8) is 0 Å². The summed E-state index contributed by atoms with van der Waals surface area (Å²) in [4.78, 5) is 3.79. The van der Waals surface area contributed by atoms with E-state index in [0.29, 0.717) is 5.69 Å². The number of nitrogens with two attached hydrogens (primary N) is 1. The first-order chi connectivity index (χ1) is 5.24. The highest BCUT2D eigenvalue weighted by Gasteiger charge is 2.05. The molecule has 1 aromatic heterocycles. The van der Waals surface area contributed by atoms with Crippen LogP contribution in [0.25, 0.3) is 0 Å². The molecule has 1 aromatic rings. The Morgan fingerprint density at radius 2 is 2.45 bits per heavy atom. The lowest BCUT2D eigenvalue weighted by atomic mass is 10.2. The van der Waals surface area contributed by atoms with E-state index in [0.717, 1.165) is 0 Å². The fourth-order valence-corrected chi connectivity index (χ4v) is 0.717. The Bertz CT molecular complexity index is 242. The zero-order valence-corrected chi connectivity index (χ0v) is 5.87. The first-order valence-corrected chi connectivity index (χ1v) is 3.22. The number of halogens is 1. The van der Waals surface area contributed by atoms with Gasteiger partial charge in [0.2, 0.25) is 0 Å². The monoisotopic (exact) mass is 156 g/mol. The molecule has 3 N–H and O–H groups in total. The fraction of sp³-hybridized carbons (Fsp3) is 0.286. The fourth-order valence-electron chi connectivity index (χ4n) is 0.717. The highest BCUT2D eigenvalue weighted by molar-refractivity contribution is 5.09. The minimum Gasteiger partial charge on any atom is -0.394 e. The van der Waals surface area contributed by atoms with Gasteiger partial charge in [0.15, 0.2) is 0 Å². The van der Waals surface area contributed by atoms with Gasteiger partial charge in [0.1, 0.15) is 5.82 Å². The van der Waals surface area contributed by atoms with E-state index < -0.39 is 6.04 Å². The van der Waals surface area contributed by atoms with Crippen molar-refractivity contribution < 1.29 is 9.50 Å². The van der Waals surface area contributed by atoms with Gasteiger partial charge >= 0.3 is 0 Å². The molecule has 3 nitrogen and oxygen atoms in total. The van der Waals surface area contributed by atoms with Gasteiger partial charge < -0.3 is 10.8 Å². The molecule has 1 atom stereocenters. The van der Waals surface area contributed by atoms with Crippen LogP contribution >= 0.6 is 0 Å². The first-order valence-electron chi connectivity index (χ1n) is 3.22. The number of rotatable bonds is 2. The van der Waals surface area contributed by atoms with Crippen LogP contribution in [-0.2, 0) is 0 Å². The summed E-state index contributed by atoms with van der Waals surface area (Å²) >= 11 is 0. The van der Waals surface area contributed by atoms with Crippen LogP contribution in [0.1, 0.15) is 11.7 Å². The summed E-state index contributed by atoms with van der Waals surface area (Å²) in [5, 5.41) is 8.59. The summed E-state index contributed by atoms with van der Waals surface area (Å²) in [5.41, 5.74) is 5.75. The van der Waals surface area contributed by atoms with E-state index in [4.69, 9.17) is 10.8 Å². The summed E-state index contributed by atoms with van der Waals surface area (Å²) in [6.07, 6.45) is 1.32. The molecule has 0 aromatic carbocycles. The van der Waals surface area contributed by atoms with Crippen molar-refractivity contribution in [1.82, 2.24) is 4.98 Å². The minimum atomic E-state index is -0.592. The Hall–Kier alpha value is -1.00. The molecular weight excluding hydrogens is 147 g/mol. The molecule has 0 aliphatic heterocycles. The second-order valence-electron chi connectivity index (χ2n) is 2.19. The minimum absolute atomic E-state index is 0.226. The van der Waals surface area contributed by atoms with Crippen molar-refractivity contribution in [2.75, 3.05) is 6.61 Å². The molecule has 1 heterocycles. The van der Waals surface area contributed by atoms with Crippen molar-refractivity contribution in [2.24, 2.45) is 5.73 Å². The van der Waals surface area contributed by atoms with Crippen LogP contribution in [-0.4, -0.2) is 16.7 Å².